The molecule has 5 rings (SSSR count). The number of fused-ring (bicyclic) bond motifs is 2. The smallest absolute Gasteiger partial charge is 0.374 e. The molecule has 3 heterocycles. The van der Waals surface area contributed by atoms with E-state index in [1.807, 2.05) is 47.6 Å². The van der Waals surface area contributed by atoms with E-state index in [-0.39, 0.29) is 12.2 Å². The lowest BCUT2D eigenvalue weighted by atomic mass is 10.1. The van der Waals surface area contributed by atoms with Gasteiger partial charge in [-0.2, -0.15) is 13.0 Å². The minimum Gasteiger partial charge on any atom is -0.439 e. The fourth-order valence-corrected chi connectivity index (χ4v) is 6.49. The molecule has 43 heavy (non-hydrogen) atoms. The highest BCUT2D eigenvalue weighted by atomic mass is 35.5. The molecule has 0 radical (unpaired) electrons. The summed E-state index contributed by atoms with van der Waals surface area (Å²) in [5.41, 5.74) is 4.40. The lowest BCUT2D eigenvalue weighted by molar-refractivity contribution is -0.677. The molecule has 2 aromatic heterocycles. The Morgan fingerprint density at radius 1 is 1.21 bits per heavy atom. The van der Waals surface area contributed by atoms with Gasteiger partial charge in [-0.25, -0.2) is 5.26 Å². The van der Waals surface area contributed by atoms with Gasteiger partial charge in [0.1, 0.15) is 0 Å². The molecule has 2 aromatic carbocycles. The van der Waals surface area contributed by atoms with E-state index in [9.17, 15) is 13.0 Å². The predicted octanol–water partition coefficient (Wildman–Crippen LogP) is 7.37. The number of nitrogens with zero attached hydrogens (tertiary/aromatic N) is 2. The first-order valence-corrected chi connectivity index (χ1v) is 17.3. The van der Waals surface area contributed by atoms with Gasteiger partial charge in [0, 0.05) is 52.8 Å². The molecule has 0 unspecified atom stereocenters. The number of rotatable bonds is 14. The number of oxazole rings is 1. The maximum atomic E-state index is 11.4. The third kappa shape index (κ3) is 7.99. The van der Waals surface area contributed by atoms with E-state index in [2.05, 4.69) is 26.1 Å². The number of ether oxygens (including phenoxy) is 1. The average Bonchev–Trinajstić information content (AvgIpc) is 3.70. The van der Waals surface area contributed by atoms with E-state index < -0.39 is 10.1 Å². The molecule has 0 spiro atoms. The van der Waals surface area contributed by atoms with Crippen molar-refractivity contribution in [2.45, 2.75) is 32.7 Å². The van der Waals surface area contributed by atoms with Crippen molar-refractivity contribution in [1.29, 1.82) is 0 Å². The first-order chi connectivity index (χ1) is 20.8. The highest BCUT2D eigenvalue weighted by Crippen LogP contribution is 2.41. The maximum Gasteiger partial charge on any atom is 0.374 e. The van der Waals surface area contributed by atoms with Gasteiger partial charge in [0.05, 0.1) is 17.5 Å². The van der Waals surface area contributed by atoms with Crippen molar-refractivity contribution < 1.29 is 41.3 Å². The van der Waals surface area contributed by atoms with E-state index in [4.69, 9.17) is 26.0 Å². The van der Waals surface area contributed by atoms with Crippen molar-refractivity contribution in [2.24, 2.45) is 0 Å². The Kier molecular flexibility index (Phi) is 10.5. The highest BCUT2D eigenvalue weighted by Gasteiger charge is 2.28. The summed E-state index contributed by atoms with van der Waals surface area (Å²) in [6, 6.07) is 15.5. The number of benzene rings is 2. The topological polar surface area (TPSA) is 123 Å². The van der Waals surface area contributed by atoms with Crippen LogP contribution in [0.4, 0.5) is 5.69 Å². The fraction of sp³-hybridized carbons (Fsp3) is 0.276. The van der Waals surface area contributed by atoms with Crippen molar-refractivity contribution in [2.75, 3.05) is 23.0 Å². The average molecular weight is 666 g/mol. The molecule has 1 aliphatic heterocycles. The minimum atomic E-state index is -4.10. The number of halogens is 1. The van der Waals surface area contributed by atoms with Gasteiger partial charge in [0.25, 0.3) is 15.6 Å². The first-order valence-electron chi connectivity index (χ1n) is 13.5. The zero-order valence-corrected chi connectivity index (χ0v) is 26.3. The molecular formula is C29H30ClN2O8S3+. The molecule has 2 N–H and O–H groups in total. The Hall–Kier alpha value is -2.88. The van der Waals surface area contributed by atoms with Gasteiger partial charge in [0.15, 0.2) is 12.3 Å². The van der Waals surface area contributed by atoms with Crippen LogP contribution in [0.25, 0.3) is 27.6 Å². The largest absolute Gasteiger partial charge is 0.439 e. The van der Waals surface area contributed by atoms with E-state index in [0.717, 1.165) is 44.8 Å². The van der Waals surface area contributed by atoms with Gasteiger partial charge in [-0.3, -0.25) is 4.55 Å². The summed E-state index contributed by atoms with van der Waals surface area (Å²) in [4.78, 5) is 3.01. The van der Waals surface area contributed by atoms with Crippen LogP contribution < -0.4 is 14.2 Å². The van der Waals surface area contributed by atoms with Crippen LogP contribution in [0.15, 0.2) is 75.9 Å². The van der Waals surface area contributed by atoms with E-state index in [1.165, 1.54) is 0 Å². The summed E-state index contributed by atoms with van der Waals surface area (Å²) in [7, 11) is -4.10. The van der Waals surface area contributed by atoms with Gasteiger partial charge in [-0.05, 0) is 65.8 Å². The minimum absolute atomic E-state index is 0.190. The van der Waals surface area contributed by atoms with Crippen molar-refractivity contribution in [1.82, 2.24) is 0 Å². The van der Waals surface area contributed by atoms with Crippen LogP contribution in [0, 0.1) is 0 Å². The molecular weight excluding hydrogens is 636 g/mol. The lowest BCUT2D eigenvalue weighted by Gasteiger charge is -2.18. The van der Waals surface area contributed by atoms with Crippen LogP contribution >= 0.6 is 35.0 Å². The second kappa shape index (κ2) is 14.3. The predicted molar refractivity (Wildman–Crippen MR) is 168 cm³/mol. The third-order valence-corrected chi connectivity index (χ3v) is 9.30. The molecule has 0 bridgehead atoms. The van der Waals surface area contributed by atoms with Crippen molar-refractivity contribution in [3.8, 4) is 16.2 Å². The number of allylic oxidation sites excluding steroid dienone is 2. The van der Waals surface area contributed by atoms with Gasteiger partial charge < -0.3 is 14.1 Å². The summed E-state index contributed by atoms with van der Waals surface area (Å²) in [5, 5.41) is 14.7. The molecule has 0 saturated heterocycles. The molecule has 14 heteroatoms. The van der Waals surface area contributed by atoms with Crippen LogP contribution in [-0.4, -0.2) is 36.3 Å². The molecule has 0 amide bonds. The normalized spacial score (nSPS) is 14.6. The summed E-state index contributed by atoms with van der Waals surface area (Å²) in [6.45, 7) is 2.93. The number of thiophene rings is 1. The van der Waals surface area contributed by atoms with Gasteiger partial charge in [-0.15, -0.1) is 15.7 Å². The molecule has 0 saturated carbocycles. The summed E-state index contributed by atoms with van der Waals surface area (Å²) >= 11 is 8.93. The zero-order valence-electron chi connectivity index (χ0n) is 23.1. The summed E-state index contributed by atoms with van der Waals surface area (Å²) in [6.07, 6.45) is 5.42. The van der Waals surface area contributed by atoms with Crippen LogP contribution in [0.2, 0.25) is 5.02 Å². The second-order valence-corrected chi connectivity index (χ2v) is 13.4. The fourth-order valence-electron chi connectivity index (χ4n) is 4.75. The van der Waals surface area contributed by atoms with E-state index >= 15 is 0 Å². The second-order valence-electron chi connectivity index (χ2n) is 9.63. The Balaban J connectivity index is 1.50. The molecule has 10 nitrogen and oxygen atoms in total. The van der Waals surface area contributed by atoms with Crippen LogP contribution in [0.1, 0.15) is 32.1 Å². The Morgan fingerprint density at radius 2 is 2.07 bits per heavy atom. The third-order valence-electron chi connectivity index (χ3n) is 6.73. The monoisotopic (exact) mass is 665 g/mol. The highest BCUT2D eigenvalue weighted by molar-refractivity contribution is 7.94. The van der Waals surface area contributed by atoms with Crippen molar-refractivity contribution in [3.63, 3.8) is 0 Å². The summed E-state index contributed by atoms with van der Waals surface area (Å²) < 4.78 is 51.1. The molecule has 0 aliphatic carbocycles. The van der Waals surface area contributed by atoms with Gasteiger partial charge in [-0.1, -0.05) is 29.6 Å². The number of aromatic nitrogens is 1. The van der Waals surface area contributed by atoms with Crippen LogP contribution in [-0.2, 0) is 26.0 Å². The number of anilines is 1. The molecule has 0 atom stereocenters. The number of hydrogen-bond acceptors (Lipinski definition) is 10. The quantitative estimate of drug-likeness (QED) is 0.0352. The van der Waals surface area contributed by atoms with Crippen LogP contribution in [0.5, 0.6) is 5.75 Å². The van der Waals surface area contributed by atoms with E-state index in [1.54, 1.807) is 29.5 Å². The Morgan fingerprint density at radius 3 is 2.81 bits per heavy atom. The maximum absolute atomic E-state index is 11.4. The van der Waals surface area contributed by atoms with Crippen molar-refractivity contribution in [3.05, 3.63) is 82.4 Å². The lowest BCUT2D eigenvalue weighted by Crippen LogP contribution is -2.35. The first kappa shape index (κ1) is 31.5. The zero-order chi connectivity index (χ0) is 30.4. The molecule has 4 aromatic rings. The molecule has 228 valence electrons. The molecule has 1 aliphatic rings. The Bertz CT molecular complexity index is 1740. The van der Waals surface area contributed by atoms with Gasteiger partial charge >= 0.3 is 5.89 Å². The SMILES string of the molecule is CCC(/C=C1\Oc2ccc(Cl)cc2N1CCCS(=O)(=O)O)=C\c1oc2ccc(-c3cccs3)cc2[n+]1CCCSOOO. The van der Waals surface area contributed by atoms with Gasteiger partial charge in [0.2, 0.25) is 11.5 Å². The standard InChI is InChI=1S/C29H29ClN2O8S3/c1-2-20(17-29-32(12-5-15-43(34,35)36)24-19-22(30)8-10-26(24)38-29)16-28-31(11-4-14-42-40-39-33)23-18-21(7-9-25(23)37-28)27-6-3-13-41-27/h3,6-10,13,16-19H,2,4-5,11-12,14-15H2,1H3,(H-,33,34,35,36)/p+1. The Labute approximate surface area is 262 Å². The molecule has 0 fully saturated rings. The van der Waals surface area contributed by atoms with Crippen LogP contribution in [0.3, 0.4) is 0 Å². The number of hydrogen-bond donors (Lipinski definition) is 2. The van der Waals surface area contributed by atoms with E-state index in [0.29, 0.717) is 54.2 Å². The summed E-state index contributed by atoms with van der Waals surface area (Å²) in [5.74, 6) is 1.97. The van der Waals surface area contributed by atoms with Crippen molar-refractivity contribution >= 4 is 68.0 Å². The number of aryl methyl sites for hydroxylation is 1.